The van der Waals surface area contributed by atoms with Gasteiger partial charge in [-0.15, -0.1) is 0 Å². The van der Waals surface area contributed by atoms with Gasteiger partial charge in [-0.05, 0) is 23.8 Å². The van der Waals surface area contributed by atoms with Gasteiger partial charge in [0.15, 0.2) is 0 Å². The van der Waals surface area contributed by atoms with Gasteiger partial charge in [0.1, 0.15) is 5.65 Å². The van der Waals surface area contributed by atoms with Gasteiger partial charge in [-0.25, -0.2) is 0 Å². The Labute approximate surface area is 168 Å². The van der Waals surface area contributed by atoms with Crippen LogP contribution in [0.3, 0.4) is 0 Å². The first-order valence-corrected chi connectivity index (χ1v) is 9.88. The fourth-order valence-corrected chi connectivity index (χ4v) is 4.07. The summed E-state index contributed by atoms with van der Waals surface area (Å²) in [5, 5.41) is 0.615. The molecule has 6 nitrogen and oxygen atoms in total. The Morgan fingerprint density at radius 3 is 2.45 bits per heavy atom. The average Bonchev–Trinajstić information content (AvgIpc) is 3.19. The quantitative estimate of drug-likeness (QED) is 0.589. The van der Waals surface area contributed by atoms with Gasteiger partial charge in [-0.1, -0.05) is 42.5 Å². The molecule has 0 radical (unpaired) electrons. The summed E-state index contributed by atoms with van der Waals surface area (Å²) < 4.78 is 1.88. The fourth-order valence-electron chi connectivity index (χ4n) is 4.07. The number of amides is 1. The van der Waals surface area contributed by atoms with Crippen LogP contribution in [0.2, 0.25) is 0 Å². The average molecular weight is 386 g/mol. The van der Waals surface area contributed by atoms with Gasteiger partial charge in [0.05, 0.1) is 16.5 Å². The van der Waals surface area contributed by atoms with Gasteiger partial charge >= 0.3 is 0 Å². The van der Waals surface area contributed by atoms with E-state index in [9.17, 15) is 9.59 Å². The van der Waals surface area contributed by atoms with Crippen molar-refractivity contribution in [3.8, 4) is 0 Å². The van der Waals surface area contributed by atoms with Crippen LogP contribution in [-0.2, 0) is 6.54 Å². The number of para-hydroxylation sites is 1. The largest absolute Gasteiger partial charge is 0.336 e. The lowest BCUT2D eigenvalue weighted by molar-refractivity contribution is 0.0628. The van der Waals surface area contributed by atoms with Crippen LogP contribution in [0.5, 0.6) is 0 Å². The third-order valence-electron chi connectivity index (χ3n) is 5.63. The number of carbonyl (C=O) groups excluding carboxylic acids is 1. The zero-order valence-electron chi connectivity index (χ0n) is 16.0. The molecule has 2 aromatic carbocycles. The molecule has 29 heavy (non-hydrogen) atoms. The lowest BCUT2D eigenvalue weighted by Crippen LogP contribution is -2.48. The van der Waals surface area contributed by atoms with Crippen LogP contribution in [0.1, 0.15) is 15.9 Å². The van der Waals surface area contributed by atoms with E-state index in [4.69, 9.17) is 0 Å². The van der Waals surface area contributed by atoms with Crippen LogP contribution >= 0.6 is 0 Å². The van der Waals surface area contributed by atoms with Crippen LogP contribution in [-0.4, -0.2) is 51.3 Å². The van der Waals surface area contributed by atoms with Crippen molar-refractivity contribution in [3.05, 3.63) is 88.3 Å². The number of aromatic amines is 1. The molecule has 0 saturated carbocycles. The van der Waals surface area contributed by atoms with Crippen molar-refractivity contribution in [2.75, 3.05) is 26.2 Å². The molecule has 1 aliphatic heterocycles. The monoisotopic (exact) mass is 386 g/mol. The summed E-state index contributed by atoms with van der Waals surface area (Å²) in [5.41, 5.74) is 3.20. The highest BCUT2D eigenvalue weighted by Crippen LogP contribution is 2.17. The van der Waals surface area contributed by atoms with Gasteiger partial charge in [0.25, 0.3) is 11.5 Å². The minimum Gasteiger partial charge on any atom is -0.336 e. The molecule has 3 heterocycles. The number of hydrogen-bond acceptors (Lipinski definition) is 3. The highest BCUT2D eigenvalue weighted by atomic mass is 16.2. The predicted octanol–water partition coefficient (Wildman–Crippen LogP) is 2.74. The summed E-state index contributed by atoms with van der Waals surface area (Å²) in [7, 11) is 0. The van der Waals surface area contributed by atoms with E-state index in [1.54, 1.807) is 12.1 Å². The molecule has 0 bridgehead atoms. The molecule has 1 aliphatic rings. The van der Waals surface area contributed by atoms with E-state index in [2.05, 4.69) is 34.1 Å². The summed E-state index contributed by atoms with van der Waals surface area (Å²) in [6.07, 6.45) is 1.83. The van der Waals surface area contributed by atoms with E-state index >= 15 is 0 Å². The minimum atomic E-state index is -0.139. The summed E-state index contributed by atoms with van der Waals surface area (Å²) in [6.45, 7) is 4.03. The fraction of sp³-hybridized carbons (Fsp3) is 0.217. The molecule has 146 valence electrons. The van der Waals surface area contributed by atoms with Crippen molar-refractivity contribution in [3.63, 3.8) is 0 Å². The number of fused-ring (bicyclic) bond motifs is 3. The Morgan fingerprint density at radius 2 is 1.66 bits per heavy atom. The van der Waals surface area contributed by atoms with E-state index in [1.165, 1.54) is 5.56 Å². The Morgan fingerprint density at radius 1 is 0.931 bits per heavy atom. The molecule has 2 aromatic heterocycles. The number of aromatic nitrogens is 2. The second-order valence-electron chi connectivity index (χ2n) is 7.51. The standard InChI is InChI=1S/C23H22N4O2/c28-22-19-8-4-5-9-20(19)27-16-18(14-21(27)24-22)23(29)26-12-10-25(11-13-26)15-17-6-2-1-3-7-17/h1-9,14,16H,10-13,15H2,(H,24,28). The third kappa shape index (κ3) is 3.32. The number of carbonyl (C=O) groups is 1. The van der Waals surface area contributed by atoms with Gasteiger partial charge in [0.2, 0.25) is 0 Å². The molecule has 1 saturated heterocycles. The number of nitrogens with one attached hydrogen (secondary N) is 1. The van der Waals surface area contributed by atoms with E-state index in [1.807, 2.05) is 39.8 Å². The molecule has 1 N–H and O–H groups in total. The zero-order chi connectivity index (χ0) is 19.8. The number of H-pyrrole nitrogens is 1. The molecule has 1 fully saturated rings. The van der Waals surface area contributed by atoms with Gasteiger partial charge < -0.3 is 14.3 Å². The van der Waals surface area contributed by atoms with Crippen LogP contribution in [0, 0.1) is 0 Å². The van der Waals surface area contributed by atoms with Gasteiger partial charge in [-0.2, -0.15) is 0 Å². The summed E-state index contributed by atoms with van der Waals surface area (Å²) >= 11 is 0. The van der Waals surface area contributed by atoms with Crippen LogP contribution in [0.15, 0.2) is 71.7 Å². The number of nitrogens with zero attached hydrogens (tertiary/aromatic N) is 3. The number of rotatable bonds is 3. The van der Waals surface area contributed by atoms with Crippen molar-refractivity contribution >= 4 is 22.5 Å². The summed E-state index contributed by atoms with van der Waals surface area (Å²) in [4.78, 5) is 32.5. The first-order valence-electron chi connectivity index (χ1n) is 9.88. The molecular formula is C23H22N4O2. The molecule has 1 amide bonds. The second-order valence-corrected chi connectivity index (χ2v) is 7.51. The molecule has 0 unspecified atom stereocenters. The number of piperazine rings is 1. The lowest BCUT2D eigenvalue weighted by atomic mass is 10.2. The lowest BCUT2D eigenvalue weighted by Gasteiger charge is -2.34. The summed E-state index contributed by atoms with van der Waals surface area (Å²) in [6, 6.07) is 19.6. The maximum absolute atomic E-state index is 13.1. The predicted molar refractivity (Wildman–Crippen MR) is 113 cm³/mol. The third-order valence-corrected chi connectivity index (χ3v) is 5.63. The molecular weight excluding hydrogens is 364 g/mol. The first kappa shape index (κ1) is 17.7. The van der Waals surface area contributed by atoms with E-state index < -0.39 is 0 Å². The highest BCUT2D eigenvalue weighted by Gasteiger charge is 2.23. The van der Waals surface area contributed by atoms with Crippen LogP contribution in [0.25, 0.3) is 16.6 Å². The van der Waals surface area contributed by atoms with E-state index in [-0.39, 0.29) is 11.5 Å². The minimum absolute atomic E-state index is 0.0120. The van der Waals surface area contributed by atoms with Gasteiger partial charge in [-0.3, -0.25) is 14.5 Å². The van der Waals surface area contributed by atoms with E-state index in [0.717, 1.165) is 25.2 Å². The molecule has 0 atom stereocenters. The maximum atomic E-state index is 13.1. The Kier molecular flexibility index (Phi) is 4.41. The van der Waals surface area contributed by atoms with Crippen molar-refractivity contribution < 1.29 is 4.79 Å². The SMILES string of the molecule is O=C(c1cc2[nH]c(=O)c3ccccc3n2c1)N1CCN(Cc2ccccc2)CC1. The molecule has 0 spiro atoms. The van der Waals surface area contributed by atoms with Crippen molar-refractivity contribution in [2.45, 2.75) is 6.54 Å². The zero-order valence-corrected chi connectivity index (χ0v) is 16.0. The molecule has 6 heteroatoms. The van der Waals surface area contributed by atoms with Crippen LogP contribution < -0.4 is 5.56 Å². The molecule has 0 aliphatic carbocycles. The Bertz CT molecular complexity index is 1230. The number of hydrogen-bond donors (Lipinski definition) is 1. The van der Waals surface area contributed by atoms with Crippen molar-refractivity contribution in [1.29, 1.82) is 0 Å². The van der Waals surface area contributed by atoms with Crippen molar-refractivity contribution in [1.82, 2.24) is 19.2 Å². The first-order chi connectivity index (χ1) is 14.2. The number of benzene rings is 2. The normalized spacial score (nSPS) is 15.2. The maximum Gasteiger partial charge on any atom is 0.258 e. The van der Waals surface area contributed by atoms with Crippen LogP contribution in [0.4, 0.5) is 0 Å². The Hall–Kier alpha value is -3.38. The molecule has 4 aromatic rings. The topological polar surface area (TPSA) is 60.8 Å². The highest BCUT2D eigenvalue weighted by molar-refractivity contribution is 5.96. The Balaban J connectivity index is 1.34. The van der Waals surface area contributed by atoms with Gasteiger partial charge in [0, 0.05) is 38.9 Å². The molecule has 5 rings (SSSR count). The second kappa shape index (κ2) is 7.22. The van der Waals surface area contributed by atoms with Crippen molar-refractivity contribution in [2.24, 2.45) is 0 Å². The summed E-state index contributed by atoms with van der Waals surface area (Å²) in [5.74, 6) is 0.0120. The smallest absolute Gasteiger partial charge is 0.258 e. The van der Waals surface area contributed by atoms with E-state index in [0.29, 0.717) is 29.7 Å².